The van der Waals surface area contributed by atoms with Gasteiger partial charge in [0, 0.05) is 0 Å². The van der Waals surface area contributed by atoms with E-state index in [1.165, 1.54) is 0 Å². The van der Waals surface area contributed by atoms with Crippen molar-refractivity contribution < 1.29 is 19.9 Å². The summed E-state index contributed by atoms with van der Waals surface area (Å²) in [7, 11) is 0. The van der Waals surface area contributed by atoms with E-state index >= 15 is 0 Å². The fourth-order valence-corrected chi connectivity index (χ4v) is 0.216. The van der Waals surface area contributed by atoms with Crippen LogP contribution in [0.1, 0.15) is 0 Å². The average molecular weight is 179 g/mol. The van der Waals surface area contributed by atoms with Gasteiger partial charge >= 0.3 is 37.7 Å². The molecule has 0 aromatic rings. The van der Waals surface area contributed by atoms with Crippen molar-refractivity contribution in [2.75, 3.05) is 26.4 Å². The van der Waals surface area contributed by atoms with Crippen LogP contribution in [0.25, 0.3) is 0 Å². The summed E-state index contributed by atoms with van der Waals surface area (Å²) < 4.78 is 0. The summed E-state index contributed by atoms with van der Waals surface area (Å²) >= 11 is 0. The Morgan fingerprint density at radius 3 is 1.70 bits per heavy atom. The quantitative estimate of drug-likeness (QED) is 0.239. The normalized spacial score (nSPS) is 9.00. The van der Waals surface area contributed by atoms with Gasteiger partial charge in [-0.1, -0.05) is 5.64 Å². The molecule has 0 aliphatic heterocycles. The molecule has 0 rings (SSSR count). The van der Waals surface area contributed by atoms with Gasteiger partial charge in [-0.05, 0) is 0 Å². The molecule has 6 heteroatoms. The van der Waals surface area contributed by atoms with Gasteiger partial charge in [-0.3, -0.25) is 9.68 Å². The van der Waals surface area contributed by atoms with Crippen molar-refractivity contribution in [2.45, 2.75) is 0 Å². The zero-order chi connectivity index (χ0) is 6.95. The Labute approximate surface area is 89.2 Å². The van der Waals surface area contributed by atoms with Crippen LogP contribution in [-0.4, -0.2) is 74.4 Å². The van der Waals surface area contributed by atoms with E-state index in [0.29, 0.717) is 0 Å². The van der Waals surface area contributed by atoms with E-state index in [-0.39, 0.29) is 64.2 Å². The van der Waals surface area contributed by atoms with E-state index in [2.05, 4.69) is 15.3 Å². The Kier molecular flexibility index (Phi) is 17.3. The average Bonchev–Trinajstić information content (AvgIpc) is 1.89. The van der Waals surface area contributed by atoms with E-state index in [0.717, 1.165) is 0 Å². The van der Waals surface area contributed by atoms with E-state index in [9.17, 15) is 0 Å². The first-order valence-corrected chi connectivity index (χ1v) is 2.62. The first-order valence-electron chi connectivity index (χ1n) is 2.62. The molecule has 10 heavy (non-hydrogen) atoms. The number of aliphatic hydroxyl groups is 2. The zero-order valence-electron chi connectivity index (χ0n) is 5.04. The van der Waals surface area contributed by atoms with Gasteiger partial charge in [-0.15, -0.1) is 0 Å². The van der Waals surface area contributed by atoms with Gasteiger partial charge in [0.2, 0.25) is 0 Å². The Hall–Kier alpha value is 1.06. The molecule has 0 aliphatic rings. The van der Waals surface area contributed by atoms with Crippen molar-refractivity contribution in [3.05, 3.63) is 0 Å². The Balaban J connectivity index is 0. The molecule has 0 heterocycles. The topological polar surface area (TPSA) is 71.0 Å². The summed E-state index contributed by atoms with van der Waals surface area (Å²) in [5, 5.41) is 16.3. The van der Waals surface area contributed by atoms with E-state index in [1.54, 1.807) is 0 Å². The van der Waals surface area contributed by atoms with Crippen LogP contribution in [0.15, 0.2) is 0 Å². The standard InChI is InChI=1S/C4H11NO4.Ca.2H/c6-1-3-8-5-9-4-2-7;;;/h5-7H,1-4H2;;;. The molecule has 0 aliphatic carbocycles. The Morgan fingerprint density at radius 2 is 1.40 bits per heavy atom. The van der Waals surface area contributed by atoms with Gasteiger partial charge in [0.1, 0.15) is 0 Å². The molecule has 0 saturated carbocycles. The monoisotopic (exact) mass is 179 g/mol. The molecule has 0 unspecified atom stereocenters. The Bertz CT molecular complexity index is 50.5. The molecule has 0 atom stereocenters. The minimum absolute atomic E-state index is 0. The van der Waals surface area contributed by atoms with Crippen LogP contribution in [0.2, 0.25) is 0 Å². The summed E-state index contributed by atoms with van der Waals surface area (Å²) in [5.41, 5.74) is 2.07. The number of hydrogen-bond acceptors (Lipinski definition) is 5. The molecule has 0 saturated heterocycles. The summed E-state index contributed by atoms with van der Waals surface area (Å²) in [5.74, 6) is 0. The van der Waals surface area contributed by atoms with E-state index in [1.807, 2.05) is 0 Å². The van der Waals surface area contributed by atoms with Gasteiger partial charge in [0.25, 0.3) is 0 Å². The fraction of sp³-hybridized carbons (Fsp3) is 1.00. The predicted octanol–water partition coefficient (Wildman–Crippen LogP) is -2.49. The van der Waals surface area contributed by atoms with Crippen LogP contribution >= 0.6 is 0 Å². The third-order valence-electron chi connectivity index (χ3n) is 0.505. The van der Waals surface area contributed by atoms with Gasteiger partial charge in [-0.2, -0.15) is 0 Å². The molecule has 0 aromatic carbocycles. The third-order valence-corrected chi connectivity index (χ3v) is 0.505. The van der Waals surface area contributed by atoms with Crippen molar-refractivity contribution in [1.29, 1.82) is 0 Å². The zero-order valence-corrected chi connectivity index (χ0v) is 5.04. The molecular formula is C4H13CaNO4. The second-order valence-corrected chi connectivity index (χ2v) is 1.23. The Morgan fingerprint density at radius 1 is 1.00 bits per heavy atom. The summed E-state index contributed by atoms with van der Waals surface area (Å²) in [6.45, 7) is 0.224. The second kappa shape index (κ2) is 12.7. The SMILES string of the molecule is OCCONOCCO.[CaH2]. The molecular weight excluding hydrogens is 166 g/mol. The number of aliphatic hydroxyl groups excluding tert-OH is 2. The van der Waals surface area contributed by atoms with Crippen molar-refractivity contribution >= 4 is 37.7 Å². The van der Waals surface area contributed by atoms with Gasteiger partial charge in [-0.25, -0.2) is 0 Å². The maximum atomic E-state index is 8.15. The van der Waals surface area contributed by atoms with Gasteiger partial charge in [0.15, 0.2) is 0 Å². The fourth-order valence-electron chi connectivity index (χ4n) is 0.216. The molecule has 0 amide bonds. The van der Waals surface area contributed by atoms with Crippen molar-refractivity contribution in [3.63, 3.8) is 0 Å². The molecule has 5 nitrogen and oxygen atoms in total. The summed E-state index contributed by atoms with van der Waals surface area (Å²) in [4.78, 5) is 8.90. The van der Waals surface area contributed by atoms with Crippen molar-refractivity contribution in [1.82, 2.24) is 5.64 Å². The molecule has 0 bridgehead atoms. The summed E-state index contributed by atoms with van der Waals surface area (Å²) in [6, 6.07) is 0. The van der Waals surface area contributed by atoms with Crippen LogP contribution in [0.4, 0.5) is 0 Å². The predicted molar refractivity (Wildman–Crippen MR) is 37.8 cm³/mol. The van der Waals surface area contributed by atoms with Crippen LogP contribution in [0.5, 0.6) is 0 Å². The van der Waals surface area contributed by atoms with Crippen LogP contribution in [0, 0.1) is 0 Å². The second-order valence-electron chi connectivity index (χ2n) is 1.23. The van der Waals surface area contributed by atoms with Gasteiger partial charge in [0.05, 0.1) is 26.4 Å². The summed E-state index contributed by atoms with van der Waals surface area (Å²) in [6.07, 6.45) is 0. The number of rotatable bonds is 6. The van der Waals surface area contributed by atoms with Gasteiger partial charge < -0.3 is 10.2 Å². The molecule has 60 valence electrons. The first kappa shape index (κ1) is 13.6. The van der Waals surface area contributed by atoms with Crippen LogP contribution in [-0.2, 0) is 9.68 Å². The minimum atomic E-state index is -0.0600. The molecule has 0 aromatic heterocycles. The number of nitrogens with one attached hydrogen (secondary N) is 1. The van der Waals surface area contributed by atoms with Crippen LogP contribution in [0.3, 0.4) is 0 Å². The third kappa shape index (κ3) is 11.8. The van der Waals surface area contributed by atoms with Crippen LogP contribution < -0.4 is 5.64 Å². The molecule has 3 N–H and O–H groups in total. The van der Waals surface area contributed by atoms with Crippen molar-refractivity contribution in [2.24, 2.45) is 0 Å². The molecule has 0 spiro atoms. The van der Waals surface area contributed by atoms with E-state index < -0.39 is 0 Å². The maximum absolute atomic E-state index is 8.15. The van der Waals surface area contributed by atoms with E-state index in [4.69, 9.17) is 10.2 Å². The molecule has 0 radical (unpaired) electrons. The number of hydrogen-bond donors (Lipinski definition) is 3. The van der Waals surface area contributed by atoms with Crippen molar-refractivity contribution in [3.8, 4) is 0 Å². The molecule has 0 fully saturated rings. The first-order chi connectivity index (χ1) is 4.41.